The lowest BCUT2D eigenvalue weighted by Crippen LogP contribution is -2.36. The van der Waals surface area contributed by atoms with Gasteiger partial charge in [0.2, 0.25) is 11.8 Å². The van der Waals surface area contributed by atoms with Gasteiger partial charge in [-0.3, -0.25) is 9.59 Å². The van der Waals surface area contributed by atoms with Crippen molar-refractivity contribution in [1.29, 1.82) is 0 Å². The van der Waals surface area contributed by atoms with Crippen LogP contribution in [0.5, 0.6) is 0 Å². The van der Waals surface area contributed by atoms with E-state index in [1.165, 1.54) is 16.7 Å². The lowest BCUT2D eigenvalue weighted by molar-refractivity contribution is -0.125. The van der Waals surface area contributed by atoms with Gasteiger partial charge >= 0.3 is 0 Å². The summed E-state index contributed by atoms with van der Waals surface area (Å²) in [5.74, 6) is -0.144. The normalized spacial score (nSPS) is 15.0. The molecule has 0 saturated heterocycles. The fourth-order valence-corrected chi connectivity index (χ4v) is 5.06. The third-order valence-electron chi connectivity index (χ3n) is 7.85. The van der Waals surface area contributed by atoms with Crippen LogP contribution in [-0.4, -0.2) is 43.3 Å². The number of carbonyl (C=O) groups excluding carboxylic acids is 2. The van der Waals surface area contributed by atoms with Gasteiger partial charge in [-0.25, -0.2) is 0 Å². The largest absolute Gasteiger partial charge is 0.379 e. The third kappa shape index (κ3) is 6.72. The number of fused-ring (bicyclic) bond motifs is 4. The molecule has 2 aromatic rings. The topological polar surface area (TPSA) is 67.9 Å². The van der Waals surface area contributed by atoms with Crippen LogP contribution in [0.25, 0.3) is 11.1 Å². The molecule has 2 aliphatic rings. The highest BCUT2D eigenvalue weighted by Crippen LogP contribution is 2.48. The molecule has 2 aromatic carbocycles. The van der Waals surface area contributed by atoms with E-state index in [1.54, 1.807) is 7.11 Å². The van der Waals surface area contributed by atoms with Crippen molar-refractivity contribution in [2.45, 2.75) is 84.0 Å². The van der Waals surface area contributed by atoms with Crippen molar-refractivity contribution >= 4 is 28.6 Å². The van der Waals surface area contributed by atoms with Gasteiger partial charge in [-0.2, -0.15) is 0 Å². The van der Waals surface area contributed by atoms with E-state index >= 15 is 0 Å². The van der Waals surface area contributed by atoms with Gasteiger partial charge < -0.3 is 19.7 Å². The van der Waals surface area contributed by atoms with Crippen LogP contribution in [0, 0.1) is 0 Å². The summed E-state index contributed by atoms with van der Waals surface area (Å²) in [6.45, 7) is 9.75. The molecule has 0 unspecified atom stereocenters. The van der Waals surface area contributed by atoms with Crippen LogP contribution in [0.15, 0.2) is 48.5 Å². The Balaban J connectivity index is 1.33. The first-order valence-corrected chi connectivity index (χ1v) is 13.8. The minimum absolute atomic E-state index is 0.0322. The molecule has 0 spiro atoms. The Hall–Kier alpha value is -2.96. The molecule has 0 aromatic heterocycles. The standard InChI is InChI=1S/C32H42N2O4/c1-31(2,37-5)19-21-38-32(3,4)18-20-33-29(35)16-17-30(36)34-22-23-10-6-7-11-24(23)25-14-15-26(25)27-12-8-9-13-28(27)34/h6-13H,14-22H2,1-5H3,(H,33,35). The fourth-order valence-electron chi connectivity index (χ4n) is 5.06. The highest BCUT2D eigenvalue weighted by molar-refractivity contribution is 6.05. The number of ether oxygens (including phenoxy) is 2. The first-order chi connectivity index (χ1) is 18.1. The van der Waals surface area contributed by atoms with Crippen LogP contribution in [-0.2, 0) is 25.6 Å². The van der Waals surface area contributed by atoms with E-state index in [-0.39, 0.29) is 35.9 Å². The molecule has 1 aliphatic heterocycles. The zero-order valence-electron chi connectivity index (χ0n) is 23.6. The smallest absolute Gasteiger partial charge is 0.227 e. The quantitative estimate of drug-likeness (QED) is 0.388. The molecule has 0 saturated carbocycles. The fraction of sp³-hybridized carbons (Fsp3) is 0.500. The van der Waals surface area contributed by atoms with Crippen LogP contribution >= 0.6 is 0 Å². The molecule has 6 nitrogen and oxygen atoms in total. The molecule has 6 heteroatoms. The molecule has 1 heterocycles. The van der Waals surface area contributed by atoms with Gasteiger partial charge in [0.15, 0.2) is 0 Å². The Morgan fingerprint density at radius 3 is 2.24 bits per heavy atom. The first kappa shape index (κ1) is 28.1. The molecule has 1 aliphatic carbocycles. The molecular weight excluding hydrogens is 476 g/mol. The Morgan fingerprint density at radius 2 is 1.53 bits per heavy atom. The monoisotopic (exact) mass is 518 g/mol. The molecule has 0 fully saturated rings. The summed E-state index contributed by atoms with van der Waals surface area (Å²) < 4.78 is 11.5. The maximum absolute atomic E-state index is 13.5. The SMILES string of the molecule is COC(C)(C)CCOC(C)(C)CCNC(=O)CCC(=O)N1Cc2ccccc2C2=C(CC2)c2ccccc21. The number of rotatable bonds is 11. The number of para-hydroxylation sites is 1. The Morgan fingerprint density at radius 1 is 0.868 bits per heavy atom. The van der Waals surface area contributed by atoms with Crippen molar-refractivity contribution < 1.29 is 19.1 Å². The second-order valence-corrected chi connectivity index (χ2v) is 11.5. The van der Waals surface area contributed by atoms with E-state index in [1.807, 2.05) is 56.9 Å². The maximum atomic E-state index is 13.5. The Kier molecular flexibility index (Phi) is 8.74. The highest BCUT2D eigenvalue weighted by Gasteiger charge is 2.30. The maximum Gasteiger partial charge on any atom is 0.227 e. The molecule has 204 valence electrons. The molecule has 1 N–H and O–H groups in total. The number of amides is 2. The first-order valence-electron chi connectivity index (χ1n) is 13.8. The van der Waals surface area contributed by atoms with E-state index in [2.05, 4.69) is 29.6 Å². The van der Waals surface area contributed by atoms with Crippen molar-refractivity contribution in [3.05, 3.63) is 65.2 Å². The molecule has 2 amide bonds. The number of anilines is 1. The van der Waals surface area contributed by atoms with E-state index < -0.39 is 0 Å². The zero-order chi connectivity index (χ0) is 27.3. The summed E-state index contributed by atoms with van der Waals surface area (Å²) in [6.07, 6.45) is 3.91. The zero-order valence-corrected chi connectivity index (χ0v) is 23.6. The number of benzene rings is 2. The van der Waals surface area contributed by atoms with Gasteiger partial charge in [-0.1, -0.05) is 42.5 Å². The summed E-state index contributed by atoms with van der Waals surface area (Å²) in [5, 5.41) is 2.97. The van der Waals surface area contributed by atoms with Gasteiger partial charge in [0.25, 0.3) is 0 Å². The second kappa shape index (κ2) is 11.8. The number of carbonyl (C=O) groups is 2. The summed E-state index contributed by atoms with van der Waals surface area (Å²) in [7, 11) is 1.71. The van der Waals surface area contributed by atoms with Crippen LogP contribution in [0.2, 0.25) is 0 Å². The highest BCUT2D eigenvalue weighted by atomic mass is 16.5. The van der Waals surface area contributed by atoms with Gasteiger partial charge in [-0.05, 0) is 81.7 Å². The third-order valence-corrected chi connectivity index (χ3v) is 7.85. The number of hydrogen-bond donors (Lipinski definition) is 1. The van der Waals surface area contributed by atoms with Crippen LogP contribution < -0.4 is 10.2 Å². The summed E-state index contributed by atoms with van der Waals surface area (Å²) in [5.41, 5.74) is 6.63. The van der Waals surface area contributed by atoms with E-state index in [9.17, 15) is 9.59 Å². The van der Waals surface area contributed by atoms with Gasteiger partial charge in [0, 0.05) is 32.1 Å². The molecule has 38 heavy (non-hydrogen) atoms. The lowest BCUT2D eigenvalue weighted by atomic mass is 9.77. The minimum atomic E-state index is -0.357. The van der Waals surface area contributed by atoms with Crippen molar-refractivity contribution in [3.63, 3.8) is 0 Å². The summed E-state index contributed by atoms with van der Waals surface area (Å²) in [6, 6.07) is 16.5. The second-order valence-electron chi connectivity index (χ2n) is 11.5. The molecule has 0 radical (unpaired) electrons. The number of hydrogen-bond acceptors (Lipinski definition) is 4. The number of methoxy groups -OCH3 is 1. The average molecular weight is 519 g/mol. The summed E-state index contributed by atoms with van der Waals surface area (Å²) in [4.78, 5) is 28.0. The number of allylic oxidation sites excluding steroid dienone is 2. The van der Waals surface area contributed by atoms with Crippen LogP contribution in [0.1, 0.15) is 82.9 Å². The number of nitrogens with zero attached hydrogens (tertiary/aromatic N) is 1. The molecule has 0 atom stereocenters. The number of nitrogens with one attached hydrogen (secondary N) is 1. The average Bonchev–Trinajstić information content (AvgIpc) is 2.85. The van der Waals surface area contributed by atoms with Gasteiger partial charge in [0.05, 0.1) is 30.0 Å². The van der Waals surface area contributed by atoms with Crippen molar-refractivity contribution in [3.8, 4) is 0 Å². The van der Waals surface area contributed by atoms with E-state index in [4.69, 9.17) is 9.47 Å². The van der Waals surface area contributed by atoms with Gasteiger partial charge in [0.1, 0.15) is 0 Å². The van der Waals surface area contributed by atoms with E-state index in [0.717, 1.165) is 36.1 Å². The molecular formula is C32H42N2O4. The Labute approximate surface area is 227 Å². The van der Waals surface area contributed by atoms with Gasteiger partial charge in [-0.15, -0.1) is 0 Å². The van der Waals surface area contributed by atoms with Crippen molar-refractivity contribution in [2.75, 3.05) is 25.2 Å². The Bertz CT molecular complexity index is 1200. The molecule has 4 rings (SSSR count). The van der Waals surface area contributed by atoms with Crippen molar-refractivity contribution in [1.82, 2.24) is 5.32 Å². The predicted molar refractivity (Wildman–Crippen MR) is 153 cm³/mol. The van der Waals surface area contributed by atoms with Crippen LogP contribution in [0.3, 0.4) is 0 Å². The van der Waals surface area contributed by atoms with Crippen LogP contribution in [0.4, 0.5) is 5.69 Å². The minimum Gasteiger partial charge on any atom is -0.379 e. The molecule has 0 bridgehead atoms. The predicted octanol–water partition coefficient (Wildman–Crippen LogP) is 6.13. The lowest BCUT2D eigenvalue weighted by Gasteiger charge is -2.35. The van der Waals surface area contributed by atoms with E-state index in [0.29, 0.717) is 26.1 Å². The summed E-state index contributed by atoms with van der Waals surface area (Å²) >= 11 is 0. The van der Waals surface area contributed by atoms with Crippen molar-refractivity contribution in [2.24, 2.45) is 0 Å².